The van der Waals surface area contributed by atoms with Gasteiger partial charge in [0.25, 0.3) is 0 Å². The summed E-state index contributed by atoms with van der Waals surface area (Å²) in [6.45, 7) is 0. The second-order valence-electron chi connectivity index (χ2n) is 4.45. The van der Waals surface area contributed by atoms with Crippen LogP contribution in [-0.4, -0.2) is 20.0 Å². The van der Waals surface area contributed by atoms with E-state index in [2.05, 4.69) is 15.9 Å². The van der Waals surface area contributed by atoms with Gasteiger partial charge in [-0.1, -0.05) is 58.4 Å². The average Bonchev–Trinajstić information content (AvgIpc) is 2.41. The van der Waals surface area contributed by atoms with Gasteiger partial charge in [-0.15, -0.1) is 0 Å². The minimum atomic E-state index is -3.46. The third-order valence-electron chi connectivity index (χ3n) is 2.75. The summed E-state index contributed by atoms with van der Waals surface area (Å²) in [6, 6.07) is 15.5. The molecule has 0 saturated heterocycles. The van der Waals surface area contributed by atoms with Crippen molar-refractivity contribution in [2.75, 3.05) is 5.75 Å². The molecule has 104 valence electrons. The van der Waals surface area contributed by atoms with Crippen LogP contribution in [0.4, 0.5) is 0 Å². The molecule has 0 bridgehead atoms. The highest BCUT2D eigenvalue weighted by Gasteiger charge is 2.18. The quantitative estimate of drug-likeness (QED) is 0.776. The maximum Gasteiger partial charge on any atom is 0.177 e. The summed E-state index contributed by atoms with van der Waals surface area (Å²) in [5.74, 6) is -0.964. The van der Waals surface area contributed by atoms with Gasteiger partial charge in [-0.2, -0.15) is 0 Å². The molecule has 0 fully saturated rings. The van der Waals surface area contributed by atoms with Gasteiger partial charge in [-0.25, -0.2) is 8.42 Å². The van der Waals surface area contributed by atoms with Gasteiger partial charge in [0.05, 0.1) is 5.75 Å². The minimum Gasteiger partial charge on any atom is -0.293 e. The highest BCUT2D eigenvalue weighted by molar-refractivity contribution is 9.10. The molecule has 2 rings (SSSR count). The van der Waals surface area contributed by atoms with E-state index < -0.39 is 15.6 Å². The Labute approximate surface area is 126 Å². The van der Waals surface area contributed by atoms with E-state index in [1.807, 2.05) is 0 Å². The van der Waals surface area contributed by atoms with Crippen molar-refractivity contribution in [2.45, 2.75) is 5.75 Å². The van der Waals surface area contributed by atoms with Crippen molar-refractivity contribution in [2.24, 2.45) is 0 Å². The number of benzene rings is 2. The van der Waals surface area contributed by atoms with Crippen LogP contribution in [0.25, 0.3) is 0 Å². The fourth-order valence-electron chi connectivity index (χ4n) is 1.79. The molecule has 0 amide bonds. The molecule has 0 unspecified atom stereocenters. The third kappa shape index (κ3) is 4.28. The third-order valence-corrected chi connectivity index (χ3v) is 4.75. The number of halogens is 1. The molecule has 20 heavy (non-hydrogen) atoms. The Kier molecular flexibility index (Phi) is 4.73. The number of carbonyl (C=O) groups is 1. The maximum atomic E-state index is 12.0. The van der Waals surface area contributed by atoms with E-state index in [1.165, 1.54) is 0 Å². The van der Waals surface area contributed by atoms with Gasteiger partial charge in [0, 0.05) is 10.0 Å². The van der Waals surface area contributed by atoms with Crippen molar-refractivity contribution < 1.29 is 13.2 Å². The Hall–Kier alpha value is -1.46. The van der Waals surface area contributed by atoms with Crippen molar-refractivity contribution in [3.05, 3.63) is 70.2 Å². The lowest BCUT2D eigenvalue weighted by atomic mass is 10.2. The van der Waals surface area contributed by atoms with Crippen molar-refractivity contribution in [1.82, 2.24) is 0 Å². The fraction of sp³-hybridized carbons (Fsp3) is 0.133. The van der Waals surface area contributed by atoms with E-state index in [4.69, 9.17) is 0 Å². The summed E-state index contributed by atoms with van der Waals surface area (Å²) in [7, 11) is -3.46. The van der Waals surface area contributed by atoms with Crippen LogP contribution in [0.2, 0.25) is 0 Å². The lowest BCUT2D eigenvalue weighted by molar-refractivity contribution is 0.102. The topological polar surface area (TPSA) is 51.2 Å². The Bertz CT molecular complexity index is 692. The molecule has 2 aromatic carbocycles. The average molecular weight is 353 g/mol. The number of hydrogen-bond acceptors (Lipinski definition) is 3. The number of hydrogen-bond donors (Lipinski definition) is 0. The number of ketones is 1. The molecule has 0 N–H and O–H groups in total. The van der Waals surface area contributed by atoms with Gasteiger partial charge in [0.1, 0.15) is 5.75 Å². The standard InChI is InChI=1S/C15H13BrO3S/c16-14-8-6-12(7-9-14)10-20(18,19)11-15(17)13-4-2-1-3-5-13/h1-9H,10-11H2. The molecule has 0 radical (unpaired) electrons. The number of Topliss-reactive ketones (excluding diaryl/α,β-unsaturated/α-hetero) is 1. The van der Waals surface area contributed by atoms with E-state index >= 15 is 0 Å². The van der Waals surface area contributed by atoms with E-state index in [1.54, 1.807) is 54.6 Å². The Morgan fingerprint density at radius 2 is 1.55 bits per heavy atom. The summed E-state index contributed by atoms with van der Waals surface area (Å²) in [5.41, 5.74) is 1.10. The first-order valence-corrected chi connectivity index (χ1v) is 8.61. The van der Waals surface area contributed by atoms with Crippen molar-refractivity contribution >= 4 is 31.6 Å². The molecule has 0 aliphatic rings. The Balaban J connectivity index is 2.08. The molecular formula is C15H13BrO3S. The zero-order valence-electron chi connectivity index (χ0n) is 10.6. The van der Waals surface area contributed by atoms with Crippen LogP contribution < -0.4 is 0 Å². The lowest BCUT2D eigenvalue weighted by Crippen LogP contribution is -2.17. The molecule has 0 aliphatic heterocycles. The molecule has 0 heterocycles. The minimum absolute atomic E-state index is 0.126. The normalized spacial score (nSPS) is 11.2. The molecule has 0 spiro atoms. The van der Waals surface area contributed by atoms with E-state index in [9.17, 15) is 13.2 Å². The highest BCUT2D eigenvalue weighted by Crippen LogP contribution is 2.14. The molecule has 5 heteroatoms. The van der Waals surface area contributed by atoms with Gasteiger partial charge in [0.15, 0.2) is 15.6 Å². The molecule has 0 aliphatic carbocycles. The maximum absolute atomic E-state index is 12.0. The van der Waals surface area contributed by atoms with Crippen molar-refractivity contribution in [1.29, 1.82) is 0 Å². The van der Waals surface area contributed by atoms with E-state index in [-0.39, 0.29) is 11.5 Å². The summed E-state index contributed by atoms with van der Waals surface area (Å²) in [6.07, 6.45) is 0. The van der Waals surface area contributed by atoms with Crippen molar-refractivity contribution in [3.63, 3.8) is 0 Å². The lowest BCUT2D eigenvalue weighted by Gasteiger charge is -2.04. The smallest absolute Gasteiger partial charge is 0.177 e. The summed E-state index contributed by atoms with van der Waals surface area (Å²) in [4.78, 5) is 11.9. The molecular weight excluding hydrogens is 340 g/mol. The fourth-order valence-corrected chi connectivity index (χ4v) is 3.43. The molecule has 3 nitrogen and oxygen atoms in total. The Morgan fingerprint density at radius 1 is 0.950 bits per heavy atom. The van der Waals surface area contributed by atoms with Crippen LogP contribution in [0.3, 0.4) is 0 Å². The first-order valence-electron chi connectivity index (χ1n) is 5.99. The van der Waals surface area contributed by atoms with Crippen LogP contribution in [-0.2, 0) is 15.6 Å². The predicted octanol–water partition coefficient (Wildman–Crippen LogP) is 3.25. The first-order chi connectivity index (χ1) is 9.46. The zero-order valence-corrected chi connectivity index (χ0v) is 13.0. The van der Waals surface area contributed by atoms with E-state index in [0.717, 1.165) is 4.47 Å². The summed E-state index contributed by atoms with van der Waals surface area (Å²) in [5, 5.41) is 0. The van der Waals surface area contributed by atoms with Gasteiger partial charge in [-0.05, 0) is 17.7 Å². The second kappa shape index (κ2) is 6.33. The van der Waals surface area contributed by atoms with E-state index in [0.29, 0.717) is 11.1 Å². The summed E-state index contributed by atoms with van der Waals surface area (Å²) >= 11 is 3.29. The molecule has 0 atom stereocenters. The first kappa shape index (κ1) is 14.9. The number of carbonyl (C=O) groups excluding carboxylic acids is 1. The van der Waals surface area contributed by atoms with Crippen molar-refractivity contribution in [3.8, 4) is 0 Å². The van der Waals surface area contributed by atoms with Gasteiger partial charge >= 0.3 is 0 Å². The highest BCUT2D eigenvalue weighted by atomic mass is 79.9. The summed E-state index contributed by atoms with van der Waals surface area (Å²) < 4.78 is 25.0. The SMILES string of the molecule is O=C(CS(=O)(=O)Cc1ccc(Br)cc1)c1ccccc1. The van der Waals surface area contributed by atoms with Crippen LogP contribution in [0, 0.1) is 0 Å². The molecule has 0 aromatic heterocycles. The van der Waals surface area contributed by atoms with Gasteiger partial charge in [-0.3, -0.25) is 4.79 Å². The van der Waals surface area contributed by atoms with Gasteiger partial charge < -0.3 is 0 Å². The van der Waals surface area contributed by atoms with Crippen LogP contribution in [0.5, 0.6) is 0 Å². The molecule has 0 saturated carbocycles. The number of sulfone groups is 1. The Morgan fingerprint density at radius 3 is 2.15 bits per heavy atom. The van der Waals surface area contributed by atoms with Crippen LogP contribution >= 0.6 is 15.9 Å². The monoisotopic (exact) mass is 352 g/mol. The van der Waals surface area contributed by atoms with Crippen LogP contribution in [0.1, 0.15) is 15.9 Å². The number of rotatable bonds is 5. The van der Waals surface area contributed by atoms with Crippen LogP contribution in [0.15, 0.2) is 59.1 Å². The second-order valence-corrected chi connectivity index (χ2v) is 7.43. The molecule has 2 aromatic rings. The van der Waals surface area contributed by atoms with Gasteiger partial charge in [0.2, 0.25) is 0 Å². The predicted molar refractivity (Wildman–Crippen MR) is 82.4 cm³/mol. The zero-order chi connectivity index (χ0) is 14.6. The largest absolute Gasteiger partial charge is 0.293 e.